The van der Waals surface area contributed by atoms with Gasteiger partial charge in [0.1, 0.15) is 5.69 Å². The number of furan rings is 1. The Balaban J connectivity index is 1.50. The summed E-state index contributed by atoms with van der Waals surface area (Å²) in [6, 6.07) is 12.9. The molecular weight excluding hydrogens is 496 g/mol. The third-order valence-corrected chi connectivity index (χ3v) is 6.37. The highest BCUT2D eigenvalue weighted by Gasteiger charge is 2.20. The van der Waals surface area contributed by atoms with Crippen LogP contribution in [-0.2, 0) is 18.4 Å². The molecule has 3 heterocycles. The van der Waals surface area contributed by atoms with E-state index in [0.717, 1.165) is 5.69 Å². The molecule has 1 amide bonds. The average Bonchev–Trinajstić information content (AvgIpc) is 3.46. The molecule has 11 heteroatoms. The van der Waals surface area contributed by atoms with E-state index < -0.39 is 0 Å². The average molecular weight is 517 g/mol. The molecule has 4 rings (SSSR count). The van der Waals surface area contributed by atoms with E-state index in [0.29, 0.717) is 33.6 Å². The molecule has 3 aromatic heterocycles. The number of hydrogen-bond acceptors (Lipinski definition) is 6. The third-order valence-electron chi connectivity index (χ3n) is 4.98. The molecule has 4 aromatic rings. The summed E-state index contributed by atoms with van der Waals surface area (Å²) < 4.78 is 11.3. The molecule has 0 aliphatic heterocycles. The molecule has 0 fully saturated rings. The molecule has 0 spiro atoms. The van der Waals surface area contributed by atoms with Crippen molar-refractivity contribution in [3.05, 3.63) is 63.2 Å². The number of aromatic nitrogens is 5. The second-order valence-corrected chi connectivity index (χ2v) is 8.65. The van der Waals surface area contributed by atoms with Crippen molar-refractivity contribution >= 4 is 39.3 Å². The van der Waals surface area contributed by atoms with Gasteiger partial charge < -0.3 is 9.73 Å². The Hall–Kier alpha value is -3.05. The molecule has 0 atom stereocenters. The topological polar surface area (TPSA) is 99.9 Å². The fraction of sp³-hybridized carbons (Fsp3) is 0.238. The van der Waals surface area contributed by atoms with Crippen LogP contribution in [0.25, 0.3) is 17.3 Å². The number of halogens is 1. The van der Waals surface area contributed by atoms with Crippen molar-refractivity contribution in [3.8, 4) is 17.3 Å². The van der Waals surface area contributed by atoms with Crippen LogP contribution in [0.1, 0.15) is 12.6 Å². The Labute approximate surface area is 196 Å². The van der Waals surface area contributed by atoms with Crippen LogP contribution >= 0.6 is 27.7 Å². The van der Waals surface area contributed by atoms with Gasteiger partial charge in [-0.25, -0.2) is 4.68 Å². The van der Waals surface area contributed by atoms with Crippen molar-refractivity contribution < 1.29 is 9.21 Å². The lowest BCUT2D eigenvalue weighted by Crippen LogP contribution is -2.23. The summed E-state index contributed by atoms with van der Waals surface area (Å²) in [5.74, 6) is 0.961. The van der Waals surface area contributed by atoms with Gasteiger partial charge in [0.25, 0.3) is 5.56 Å². The fourth-order valence-corrected chi connectivity index (χ4v) is 4.42. The molecule has 0 saturated heterocycles. The summed E-state index contributed by atoms with van der Waals surface area (Å²) in [5, 5.41) is 11.8. The fourth-order valence-electron chi connectivity index (χ4n) is 3.32. The first-order valence-corrected chi connectivity index (χ1v) is 11.6. The molecule has 0 radical (unpaired) electrons. The summed E-state index contributed by atoms with van der Waals surface area (Å²) in [7, 11) is 1.78. The van der Waals surface area contributed by atoms with Crippen LogP contribution < -0.4 is 10.9 Å². The van der Waals surface area contributed by atoms with Gasteiger partial charge in [0.15, 0.2) is 15.6 Å². The van der Waals surface area contributed by atoms with E-state index in [1.165, 1.54) is 16.4 Å². The van der Waals surface area contributed by atoms with Crippen molar-refractivity contribution in [3.63, 3.8) is 0 Å². The number of para-hydroxylation sites is 1. The minimum atomic E-state index is -0.297. The van der Waals surface area contributed by atoms with Crippen LogP contribution in [0.2, 0.25) is 0 Å². The van der Waals surface area contributed by atoms with Crippen LogP contribution in [0, 0.1) is 6.92 Å². The van der Waals surface area contributed by atoms with Crippen molar-refractivity contribution in [2.24, 2.45) is 7.05 Å². The zero-order valence-corrected chi connectivity index (χ0v) is 20.1. The van der Waals surface area contributed by atoms with E-state index in [9.17, 15) is 9.59 Å². The molecule has 0 aliphatic rings. The van der Waals surface area contributed by atoms with Crippen molar-refractivity contribution in [2.75, 3.05) is 11.1 Å². The Morgan fingerprint density at radius 2 is 1.94 bits per heavy atom. The number of nitrogens with one attached hydrogen (secondary N) is 1. The summed E-state index contributed by atoms with van der Waals surface area (Å²) in [6.07, 6.45) is 0. The van der Waals surface area contributed by atoms with Crippen molar-refractivity contribution in [2.45, 2.75) is 25.5 Å². The quantitative estimate of drug-likeness (QED) is 0.374. The number of anilines is 1. The summed E-state index contributed by atoms with van der Waals surface area (Å²) in [5.41, 5.74) is 1.38. The molecule has 32 heavy (non-hydrogen) atoms. The zero-order chi connectivity index (χ0) is 22.8. The molecular formula is C21H21BrN6O3S. The number of hydrogen-bond donors (Lipinski definition) is 1. The summed E-state index contributed by atoms with van der Waals surface area (Å²) >= 11 is 4.53. The highest BCUT2D eigenvalue weighted by molar-refractivity contribution is 9.10. The van der Waals surface area contributed by atoms with Gasteiger partial charge in [-0.05, 0) is 54.0 Å². The first-order chi connectivity index (χ1) is 15.4. The number of thioether (sulfide) groups is 1. The molecule has 1 aromatic carbocycles. The van der Waals surface area contributed by atoms with Gasteiger partial charge in [-0.3, -0.25) is 18.8 Å². The van der Waals surface area contributed by atoms with Crippen LogP contribution in [-0.4, -0.2) is 35.8 Å². The summed E-state index contributed by atoms with van der Waals surface area (Å²) in [6.45, 7) is 4.38. The highest BCUT2D eigenvalue weighted by atomic mass is 79.9. The minimum absolute atomic E-state index is 0.0824. The molecule has 9 nitrogen and oxygen atoms in total. The largest absolute Gasteiger partial charge is 0.446 e. The minimum Gasteiger partial charge on any atom is -0.446 e. The third kappa shape index (κ3) is 4.17. The Morgan fingerprint density at radius 3 is 2.59 bits per heavy atom. The monoisotopic (exact) mass is 516 g/mol. The second-order valence-electron chi connectivity index (χ2n) is 6.93. The first-order valence-electron chi connectivity index (χ1n) is 9.86. The van der Waals surface area contributed by atoms with Crippen LogP contribution in [0.4, 0.5) is 5.69 Å². The standard InChI is InChI=1S/C21H21BrN6O3S/c1-4-27-19(15-10-11-16(22)31-15)24-25-21(27)32-12-17(29)23-18-13(2)26(3)28(20(18)30)14-8-6-5-7-9-14/h5-11H,4,12H2,1-3H3,(H,23,29). The molecule has 0 bridgehead atoms. The van der Waals surface area contributed by atoms with E-state index in [1.807, 2.05) is 41.8 Å². The highest BCUT2D eigenvalue weighted by Crippen LogP contribution is 2.27. The molecule has 0 saturated carbocycles. The van der Waals surface area contributed by atoms with Crippen molar-refractivity contribution in [1.82, 2.24) is 24.1 Å². The lowest BCUT2D eigenvalue weighted by molar-refractivity contribution is -0.113. The SMILES string of the molecule is CCn1c(SCC(=O)Nc2c(C)n(C)n(-c3ccccc3)c2=O)nnc1-c1ccc(Br)o1. The van der Waals surface area contributed by atoms with E-state index in [4.69, 9.17) is 4.42 Å². The maximum atomic E-state index is 13.0. The molecule has 1 N–H and O–H groups in total. The molecule has 0 unspecified atom stereocenters. The lowest BCUT2D eigenvalue weighted by atomic mass is 10.3. The van der Waals surface area contributed by atoms with Gasteiger partial charge in [0.2, 0.25) is 11.7 Å². The number of rotatable bonds is 7. The van der Waals surface area contributed by atoms with Crippen molar-refractivity contribution in [1.29, 1.82) is 0 Å². The normalized spacial score (nSPS) is 11.1. The Kier molecular flexibility index (Phi) is 6.38. The van der Waals surface area contributed by atoms with Gasteiger partial charge in [-0.2, -0.15) is 0 Å². The smallest absolute Gasteiger partial charge is 0.295 e. The molecule has 0 aliphatic carbocycles. The Bertz CT molecular complexity index is 1320. The van der Waals surface area contributed by atoms with Gasteiger partial charge in [-0.15, -0.1) is 10.2 Å². The predicted octanol–water partition coefficient (Wildman–Crippen LogP) is 3.85. The van der Waals surface area contributed by atoms with Gasteiger partial charge in [0.05, 0.1) is 17.1 Å². The predicted molar refractivity (Wildman–Crippen MR) is 126 cm³/mol. The molecule has 166 valence electrons. The van der Waals surface area contributed by atoms with Gasteiger partial charge in [0, 0.05) is 13.6 Å². The number of benzene rings is 1. The zero-order valence-electron chi connectivity index (χ0n) is 17.7. The Morgan fingerprint density at radius 1 is 1.19 bits per heavy atom. The van der Waals surface area contributed by atoms with Crippen LogP contribution in [0.3, 0.4) is 0 Å². The number of nitrogens with zero attached hydrogens (tertiary/aromatic N) is 5. The van der Waals surface area contributed by atoms with Gasteiger partial charge >= 0.3 is 0 Å². The maximum Gasteiger partial charge on any atom is 0.295 e. The number of carbonyl (C=O) groups excluding carboxylic acids is 1. The van der Waals surface area contributed by atoms with E-state index in [2.05, 4.69) is 31.4 Å². The second kappa shape index (κ2) is 9.21. The first kappa shape index (κ1) is 22.2. The van der Waals surface area contributed by atoms with Crippen LogP contribution in [0.15, 0.2) is 61.5 Å². The maximum absolute atomic E-state index is 13.0. The number of amides is 1. The van der Waals surface area contributed by atoms with E-state index in [-0.39, 0.29) is 22.9 Å². The number of carbonyl (C=O) groups is 1. The summed E-state index contributed by atoms with van der Waals surface area (Å²) in [4.78, 5) is 25.6. The van der Waals surface area contributed by atoms with Crippen LogP contribution in [0.5, 0.6) is 0 Å². The van der Waals surface area contributed by atoms with Gasteiger partial charge in [-0.1, -0.05) is 30.0 Å². The van der Waals surface area contributed by atoms with E-state index in [1.54, 1.807) is 30.8 Å². The van der Waals surface area contributed by atoms with E-state index >= 15 is 0 Å². The lowest BCUT2D eigenvalue weighted by Gasteiger charge is -2.07.